The molecule has 1 aromatic heterocycles. The van der Waals surface area contributed by atoms with Gasteiger partial charge in [-0.05, 0) is 37.5 Å². The zero-order valence-corrected chi connectivity index (χ0v) is 17.7. The fraction of sp³-hybridized carbons (Fsp3) is 0.333. The van der Waals surface area contributed by atoms with Gasteiger partial charge in [-0.2, -0.15) is 0 Å². The number of rotatable bonds is 6. The van der Waals surface area contributed by atoms with Crippen LogP contribution in [0.1, 0.15) is 42.9 Å². The van der Waals surface area contributed by atoms with Gasteiger partial charge in [0.1, 0.15) is 11.5 Å². The maximum Gasteiger partial charge on any atom is 0.183 e. The SMILES string of the molecule is COc1ccc(C(Nc2nc(-c3ccc(C)cc3)cs2)C2CCCCC2=O)cc1. The van der Waals surface area contributed by atoms with Crippen molar-refractivity contribution >= 4 is 22.3 Å². The van der Waals surface area contributed by atoms with Crippen molar-refractivity contribution in [1.29, 1.82) is 0 Å². The molecule has 3 aromatic rings. The second kappa shape index (κ2) is 8.78. The van der Waals surface area contributed by atoms with E-state index in [4.69, 9.17) is 9.72 Å². The first-order valence-electron chi connectivity index (χ1n) is 10.1. The molecule has 0 spiro atoms. The number of hydrogen-bond donors (Lipinski definition) is 1. The molecule has 1 saturated carbocycles. The summed E-state index contributed by atoms with van der Waals surface area (Å²) in [7, 11) is 1.66. The van der Waals surface area contributed by atoms with E-state index in [1.807, 2.05) is 24.3 Å². The number of nitrogens with zero attached hydrogens (tertiary/aromatic N) is 1. The Hall–Kier alpha value is -2.66. The van der Waals surface area contributed by atoms with E-state index in [0.717, 1.165) is 47.0 Å². The molecule has 0 bridgehead atoms. The van der Waals surface area contributed by atoms with Crippen molar-refractivity contribution < 1.29 is 9.53 Å². The summed E-state index contributed by atoms with van der Waals surface area (Å²) in [4.78, 5) is 17.5. The van der Waals surface area contributed by atoms with Crippen molar-refractivity contribution in [3.8, 4) is 17.0 Å². The smallest absolute Gasteiger partial charge is 0.183 e. The van der Waals surface area contributed by atoms with Crippen LogP contribution in [0.4, 0.5) is 5.13 Å². The maximum atomic E-state index is 12.7. The van der Waals surface area contributed by atoms with E-state index in [9.17, 15) is 4.79 Å². The number of hydrogen-bond acceptors (Lipinski definition) is 5. The zero-order valence-electron chi connectivity index (χ0n) is 16.9. The standard InChI is InChI=1S/C24H26N2O2S/c1-16-7-9-17(10-8-16)21-15-29-24(25-21)26-23(20-5-3-4-6-22(20)27)18-11-13-19(28-2)14-12-18/h7-15,20,23H,3-6H2,1-2H3,(H,25,26). The summed E-state index contributed by atoms with van der Waals surface area (Å²) >= 11 is 1.59. The van der Waals surface area contributed by atoms with Crippen LogP contribution in [0.25, 0.3) is 11.3 Å². The van der Waals surface area contributed by atoms with E-state index < -0.39 is 0 Å². The Labute approximate surface area is 176 Å². The van der Waals surface area contributed by atoms with Gasteiger partial charge in [-0.3, -0.25) is 4.79 Å². The third-order valence-electron chi connectivity index (χ3n) is 5.61. The lowest BCUT2D eigenvalue weighted by molar-refractivity contribution is -0.125. The number of nitrogens with one attached hydrogen (secondary N) is 1. The number of carbonyl (C=O) groups excluding carboxylic acids is 1. The predicted octanol–water partition coefficient (Wildman–Crippen LogP) is 6.04. The normalized spacial score (nSPS) is 17.7. The molecule has 0 saturated heterocycles. The van der Waals surface area contributed by atoms with E-state index in [0.29, 0.717) is 12.2 Å². The monoisotopic (exact) mass is 406 g/mol. The summed E-state index contributed by atoms with van der Waals surface area (Å²) in [6.07, 6.45) is 3.68. The molecular formula is C24H26N2O2S. The van der Waals surface area contributed by atoms with E-state index in [2.05, 4.69) is 41.9 Å². The Morgan fingerprint density at radius 3 is 2.55 bits per heavy atom. The third-order valence-corrected chi connectivity index (χ3v) is 6.38. The molecule has 0 radical (unpaired) electrons. The first-order chi connectivity index (χ1) is 14.1. The molecule has 1 heterocycles. The highest BCUT2D eigenvalue weighted by Gasteiger charge is 2.32. The molecule has 1 aliphatic carbocycles. The van der Waals surface area contributed by atoms with Crippen LogP contribution in [0.5, 0.6) is 5.75 Å². The molecule has 1 N–H and O–H groups in total. The van der Waals surface area contributed by atoms with Gasteiger partial charge in [0.15, 0.2) is 5.13 Å². The van der Waals surface area contributed by atoms with Gasteiger partial charge in [-0.15, -0.1) is 11.3 Å². The molecule has 2 aromatic carbocycles. The van der Waals surface area contributed by atoms with Gasteiger partial charge >= 0.3 is 0 Å². The number of Topliss-reactive ketones (excluding diaryl/α,β-unsaturated/α-hetero) is 1. The van der Waals surface area contributed by atoms with Crippen molar-refractivity contribution in [2.45, 2.75) is 38.6 Å². The van der Waals surface area contributed by atoms with Crippen molar-refractivity contribution in [2.75, 3.05) is 12.4 Å². The lowest BCUT2D eigenvalue weighted by Crippen LogP contribution is -2.30. The van der Waals surface area contributed by atoms with Crippen molar-refractivity contribution in [1.82, 2.24) is 4.98 Å². The third kappa shape index (κ3) is 4.51. The van der Waals surface area contributed by atoms with Crippen LogP contribution in [0.15, 0.2) is 53.9 Å². The van der Waals surface area contributed by atoms with Gasteiger partial charge in [0.2, 0.25) is 0 Å². The minimum absolute atomic E-state index is 0.0242. The number of methoxy groups -OCH3 is 1. The molecule has 4 nitrogen and oxygen atoms in total. The Morgan fingerprint density at radius 1 is 1.10 bits per heavy atom. The number of carbonyl (C=O) groups is 1. The summed E-state index contributed by atoms with van der Waals surface area (Å²) in [6.45, 7) is 2.08. The lowest BCUT2D eigenvalue weighted by Gasteiger charge is -2.30. The Balaban J connectivity index is 1.61. The summed E-state index contributed by atoms with van der Waals surface area (Å²) in [6, 6.07) is 16.3. The molecule has 5 heteroatoms. The van der Waals surface area contributed by atoms with Gasteiger partial charge in [-0.25, -0.2) is 4.98 Å². The number of aromatic nitrogens is 1. The first-order valence-corrected chi connectivity index (χ1v) is 11.0. The van der Waals surface area contributed by atoms with Crippen LogP contribution in [0.2, 0.25) is 0 Å². The summed E-state index contributed by atoms with van der Waals surface area (Å²) in [5.41, 5.74) is 4.39. The fourth-order valence-electron chi connectivity index (χ4n) is 3.92. The first kappa shape index (κ1) is 19.6. The van der Waals surface area contributed by atoms with Crippen molar-refractivity contribution in [2.24, 2.45) is 5.92 Å². The van der Waals surface area contributed by atoms with Crippen LogP contribution in [-0.2, 0) is 4.79 Å². The summed E-state index contributed by atoms with van der Waals surface area (Å²) in [5.74, 6) is 1.14. The molecule has 0 amide bonds. The van der Waals surface area contributed by atoms with Crippen LogP contribution in [0, 0.1) is 12.8 Å². The van der Waals surface area contributed by atoms with Crippen molar-refractivity contribution in [3.05, 3.63) is 65.0 Å². The topological polar surface area (TPSA) is 51.2 Å². The molecular weight excluding hydrogens is 380 g/mol. The number of anilines is 1. The van der Waals surface area contributed by atoms with Gasteiger partial charge in [0.25, 0.3) is 0 Å². The van der Waals surface area contributed by atoms with Gasteiger partial charge in [0, 0.05) is 23.3 Å². The molecule has 1 fully saturated rings. The number of ether oxygens (including phenoxy) is 1. The average molecular weight is 407 g/mol. The Kier molecular flexibility index (Phi) is 5.95. The van der Waals surface area contributed by atoms with Crippen molar-refractivity contribution in [3.63, 3.8) is 0 Å². The number of aryl methyl sites for hydroxylation is 1. The zero-order chi connectivity index (χ0) is 20.2. The number of benzene rings is 2. The molecule has 1 aliphatic rings. The predicted molar refractivity (Wildman–Crippen MR) is 119 cm³/mol. The fourth-order valence-corrected chi connectivity index (χ4v) is 4.68. The van der Waals surface area contributed by atoms with E-state index >= 15 is 0 Å². The molecule has 2 atom stereocenters. The minimum atomic E-state index is -0.0780. The van der Waals surface area contributed by atoms with Gasteiger partial charge in [-0.1, -0.05) is 48.4 Å². The quantitative estimate of drug-likeness (QED) is 0.542. The van der Waals surface area contributed by atoms with Gasteiger partial charge < -0.3 is 10.1 Å². The Bertz CT molecular complexity index is 963. The largest absolute Gasteiger partial charge is 0.497 e. The highest BCUT2D eigenvalue weighted by atomic mass is 32.1. The lowest BCUT2D eigenvalue weighted by atomic mass is 9.80. The molecule has 0 aliphatic heterocycles. The second-order valence-corrected chi connectivity index (χ2v) is 8.48. The summed E-state index contributed by atoms with van der Waals surface area (Å²) in [5, 5.41) is 6.50. The Morgan fingerprint density at radius 2 is 1.86 bits per heavy atom. The maximum absolute atomic E-state index is 12.7. The van der Waals surface area contributed by atoms with Crippen LogP contribution in [0.3, 0.4) is 0 Å². The van der Waals surface area contributed by atoms with E-state index in [1.54, 1.807) is 18.4 Å². The minimum Gasteiger partial charge on any atom is -0.497 e. The van der Waals surface area contributed by atoms with Gasteiger partial charge in [0.05, 0.1) is 18.8 Å². The molecule has 150 valence electrons. The molecule has 2 unspecified atom stereocenters. The van der Waals surface area contributed by atoms with Crippen LogP contribution < -0.4 is 10.1 Å². The number of thiazole rings is 1. The van der Waals surface area contributed by atoms with Crippen LogP contribution >= 0.6 is 11.3 Å². The molecule has 29 heavy (non-hydrogen) atoms. The number of ketones is 1. The summed E-state index contributed by atoms with van der Waals surface area (Å²) < 4.78 is 5.30. The van der Waals surface area contributed by atoms with Crippen LogP contribution in [-0.4, -0.2) is 17.9 Å². The molecule has 4 rings (SSSR count). The average Bonchev–Trinajstić information content (AvgIpc) is 3.22. The van der Waals surface area contributed by atoms with E-state index in [-0.39, 0.29) is 12.0 Å². The highest BCUT2D eigenvalue weighted by molar-refractivity contribution is 7.14. The second-order valence-electron chi connectivity index (χ2n) is 7.62. The van der Waals surface area contributed by atoms with E-state index in [1.165, 1.54) is 5.56 Å². The highest BCUT2D eigenvalue weighted by Crippen LogP contribution is 2.37.